The monoisotopic (exact) mass is 396 g/mol. The minimum Gasteiger partial charge on any atom is -0.495 e. The highest BCUT2D eigenvalue weighted by atomic mass is 16.5. The molecule has 1 aliphatic heterocycles. The lowest BCUT2D eigenvalue weighted by Gasteiger charge is -2.40. The van der Waals surface area contributed by atoms with Crippen molar-refractivity contribution in [3.63, 3.8) is 0 Å². The van der Waals surface area contributed by atoms with Gasteiger partial charge in [-0.05, 0) is 54.7 Å². The van der Waals surface area contributed by atoms with Crippen molar-refractivity contribution in [3.05, 3.63) is 52.8 Å². The third-order valence-electron chi connectivity index (χ3n) is 5.47. The maximum atomic E-state index is 12.7. The van der Waals surface area contributed by atoms with Crippen LogP contribution in [-0.4, -0.2) is 29.4 Å². The Hall–Kier alpha value is -2.56. The van der Waals surface area contributed by atoms with Gasteiger partial charge in [0.1, 0.15) is 23.8 Å². The zero-order chi connectivity index (χ0) is 21.1. The molecule has 156 valence electrons. The first-order chi connectivity index (χ1) is 13.8. The van der Waals surface area contributed by atoms with Gasteiger partial charge in [0, 0.05) is 18.2 Å². The Bertz CT molecular complexity index is 876. The molecule has 2 aromatic rings. The first-order valence-corrected chi connectivity index (χ1v) is 10.4. The van der Waals surface area contributed by atoms with Crippen LogP contribution in [0.2, 0.25) is 0 Å². The Morgan fingerprint density at radius 1 is 1.21 bits per heavy atom. The molecular weight excluding hydrogens is 364 g/mol. The number of methoxy groups -OCH3 is 1. The number of hydrogen-bond donors (Lipinski definition) is 0. The van der Waals surface area contributed by atoms with Crippen molar-refractivity contribution in [2.45, 2.75) is 53.7 Å². The summed E-state index contributed by atoms with van der Waals surface area (Å²) in [6, 6.07) is 10.2. The number of aromatic nitrogens is 1. The fourth-order valence-electron chi connectivity index (χ4n) is 4.06. The number of pyridine rings is 1. The van der Waals surface area contributed by atoms with Crippen LogP contribution < -0.4 is 9.47 Å². The van der Waals surface area contributed by atoms with Gasteiger partial charge in [0.2, 0.25) is 5.91 Å². The number of fused-ring (bicyclic) bond motifs is 1. The topological polar surface area (TPSA) is 51.7 Å². The summed E-state index contributed by atoms with van der Waals surface area (Å²) in [6.07, 6.45) is 0.847. The predicted molar refractivity (Wildman–Crippen MR) is 114 cm³/mol. The molecule has 1 aliphatic rings. The number of rotatable bonds is 6. The summed E-state index contributed by atoms with van der Waals surface area (Å²) < 4.78 is 11.4. The van der Waals surface area contributed by atoms with Crippen LogP contribution in [0.4, 0.5) is 0 Å². The molecule has 0 saturated heterocycles. The summed E-state index contributed by atoms with van der Waals surface area (Å²) in [5.41, 5.74) is 4.22. The quantitative estimate of drug-likeness (QED) is 0.709. The van der Waals surface area contributed by atoms with Crippen LogP contribution >= 0.6 is 0 Å². The van der Waals surface area contributed by atoms with Gasteiger partial charge < -0.3 is 14.4 Å². The molecule has 0 N–H and O–H groups in total. The van der Waals surface area contributed by atoms with Gasteiger partial charge in [-0.1, -0.05) is 33.8 Å². The number of hydrogen-bond acceptors (Lipinski definition) is 4. The van der Waals surface area contributed by atoms with Crippen molar-refractivity contribution in [2.75, 3.05) is 13.7 Å². The summed E-state index contributed by atoms with van der Waals surface area (Å²) in [7, 11) is 1.64. The molecule has 5 nitrogen and oxygen atoms in total. The number of aryl methyl sites for hydroxylation is 1. The molecular formula is C24H32N2O3. The molecule has 1 aromatic carbocycles. The Morgan fingerprint density at radius 3 is 2.62 bits per heavy atom. The van der Waals surface area contributed by atoms with Crippen molar-refractivity contribution in [1.82, 2.24) is 9.88 Å². The van der Waals surface area contributed by atoms with E-state index in [0.29, 0.717) is 12.5 Å². The van der Waals surface area contributed by atoms with Crippen molar-refractivity contribution in [2.24, 2.45) is 11.8 Å². The smallest absolute Gasteiger partial charge is 0.225 e. The van der Waals surface area contributed by atoms with Crippen LogP contribution in [-0.2, 0) is 17.8 Å². The first kappa shape index (κ1) is 21.2. The molecule has 0 spiro atoms. The van der Waals surface area contributed by atoms with Crippen molar-refractivity contribution in [1.29, 1.82) is 0 Å². The zero-order valence-electron chi connectivity index (χ0n) is 18.4. The SMILES string of the molecule is COc1ccc(C)nc1COc1ccc2c(c1)CCN(C(=O)C(C)C)[C@H]2C(C)C. The Labute approximate surface area is 174 Å². The Kier molecular flexibility index (Phi) is 6.46. The molecule has 1 aromatic heterocycles. The van der Waals surface area contributed by atoms with Crippen LogP contribution in [0.5, 0.6) is 11.5 Å². The van der Waals surface area contributed by atoms with Gasteiger partial charge in [0.25, 0.3) is 0 Å². The normalized spacial score (nSPS) is 16.1. The maximum absolute atomic E-state index is 12.7. The van der Waals surface area contributed by atoms with E-state index in [1.54, 1.807) is 7.11 Å². The molecule has 2 heterocycles. The Morgan fingerprint density at radius 2 is 1.97 bits per heavy atom. The molecule has 0 saturated carbocycles. The van der Waals surface area contributed by atoms with Gasteiger partial charge in [0.15, 0.2) is 0 Å². The third kappa shape index (κ3) is 4.55. The predicted octanol–water partition coefficient (Wildman–Crippen LogP) is 4.72. The van der Waals surface area contributed by atoms with Crippen LogP contribution in [0.3, 0.4) is 0 Å². The summed E-state index contributed by atoms with van der Waals surface area (Å²) in [6.45, 7) is 11.4. The van der Waals surface area contributed by atoms with Gasteiger partial charge in [-0.3, -0.25) is 9.78 Å². The summed E-state index contributed by atoms with van der Waals surface area (Å²) in [5, 5.41) is 0. The zero-order valence-corrected chi connectivity index (χ0v) is 18.4. The van der Waals surface area contributed by atoms with Gasteiger partial charge in [-0.2, -0.15) is 0 Å². The fourth-order valence-corrected chi connectivity index (χ4v) is 4.06. The van der Waals surface area contributed by atoms with Crippen LogP contribution in [0.15, 0.2) is 30.3 Å². The molecule has 3 rings (SSSR count). The lowest BCUT2D eigenvalue weighted by atomic mass is 9.85. The summed E-state index contributed by atoms with van der Waals surface area (Å²) in [4.78, 5) is 19.3. The molecule has 0 fully saturated rings. The number of benzene rings is 1. The average molecular weight is 397 g/mol. The highest BCUT2D eigenvalue weighted by Gasteiger charge is 2.33. The standard InChI is InChI=1S/C24H32N2O3/c1-15(2)23-20-9-8-19(13-18(20)11-12-26(23)24(27)16(3)4)29-14-21-22(28-6)10-7-17(5)25-21/h7-10,13,15-16,23H,11-12,14H2,1-6H3/t23-/m0/s1. The lowest BCUT2D eigenvalue weighted by molar-refractivity contribution is -0.138. The highest BCUT2D eigenvalue weighted by molar-refractivity contribution is 5.79. The summed E-state index contributed by atoms with van der Waals surface area (Å²) in [5.74, 6) is 2.14. The molecule has 0 unspecified atom stereocenters. The van der Waals surface area contributed by atoms with E-state index in [4.69, 9.17) is 9.47 Å². The average Bonchev–Trinajstić information content (AvgIpc) is 2.70. The first-order valence-electron chi connectivity index (χ1n) is 10.4. The second-order valence-electron chi connectivity index (χ2n) is 8.38. The molecule has 0 aliphatic carbocycles. The van der Waals surface area contributed by atoms with Crippen molar-refractivity contribution >= 4 is 5.91 Å². The number of ether oxygens (including phenoxy) is 2. The van der Waals surface area contributed by atoms with E-state index in [2.05, 4.69) is 35.9 Å². The maximum Gasteiger partial charge on any atom is 0.225 e. The van der Waals surface area contributed by atoms with Gasteiger partial charge in [-0.25, -0.2) is 0 Å². The summed E-state index contributed by atoms with van der Waals surface area (Å²) >= 11 is 0. The van der Waals surface area contributed by atoms with E-state index < -0.39 is 0 Å². The fraction of sp³-hybridized carbons (Fsp3) is 0.500. The van der Waals surface area contributed by atoms with E-state index in [0.717, 1.165) is 35.9 Å². The minimum absolute atomic E-state index is 0.0113. The van der Waals surface area contributed by atoms with E-state index in [1.807, 2.05) is 39.0 Å². The second kappa shape index (κ2) is 8.85. The molecule has 5 heteroatoms. The molecule has 1 atom stereocenters. The third-order valence-corrected chi connectivity index (χ3v) is 5.47. The highest BCUT2D eigenvalue weighted by Crippen LogP contribution is 2.37. The van der Waals surface area contributed by atoms with Crippen LogP contribution in [0.1, 0.15) is 56.3 Å². The van der Waals surface area contributed by atoms with E-state index in [-0.39, 0.29) is 17.9 Å². The van der Waals surface area contributed by atoms with Crippen molar-refractivity contribution in [3.8, 4) is 11.5 Å². The number of carbonyl (C=O) groups excluding carboxylic acids is 1. The number of carbonyl (C=O) groups is 1. The Balaban J connectivity index is 1.81. The van der Waals surface area contributed by atoms with E-state index >= 15 is 0 Å². The molecule has 29 heavy (non-hydrogen) atoms. The van der Waals surface area contributed by atoms with Gasteiger partial charge >= 0.3 is 0 Å². The number of nitrogens with zero attached hydrogens (tertiary/aromatic N) is 2. The molecule has 1 amide bonds. The molecule has 0 bridgehead atoms. The number of amides is 1. The second-order valence-corrected chi connectivity index (χ2v) is 8.38. The van der Waals surface area contributed by atoms with Gasteiger partial charge in [-0.15, -0.1) is 0 Å². The van der Waals surface area contributed by atoms with Gasteiger partial charge in [0.05, 0.1) is 13.2 Å². The molecule has 0 radical (unpaired) electrons. The van der Waals surface area contributed by atoms with Crippen LogP contribution in [0, 0.1) is 18.8 Å². The lowest BCUT2D eigenvalue weighted by Crippen LogP contribution is -2.44. The van der Waals surface area contributed by atoms with E-state index in [9.17, 15) is 4.79 Å². The largest absolute Gasteiger partial charge is 0.495 e. The van der Waals surface area contributed by atoms with Crippen molar-refractivity contribution < 1.29 is 14.3 Å². The minimum atomic E-state index is 0.0113. The van der Waals surface area contributed by atoms with E-state index in [1.165, 1.54) is 11.1 Å². The van der Waals surface area contributed by atoms with Crippen LogP contribution in [0.25, 0.3) is 0 Å².